The van der Waals surface area contributed by atoms with Gasteiger partial charge in [-0.2, -0.15) is 0 Å². The maximum absolute atomic E-state index is 13.4. The largest absolute Gasteiger partial charge is 0.469 e. The molecule has 26 heavy (non-hydrogen) atoms. The number of methoxy groups -OCH3 is 1. The molecule has 9 heteroatoms. The third-order valence-corrected chi connectivity index (χ3v) is 4.44. The Hall–Kier alpha value is -2.55. The normalized spacial score (nSPS) is 27.6. The van der Waals surface area contributed by atoms with Crippen molar-refractivity contribution in [1.82, 2.24) is 5.32 Å². The number of oxime groups is 1. The molecule has 1 N–H and O–H groups in total. The highest BCUT2D eigenvalue weighted by Gasteiger charge is 2.45. The number of rotatable bonds is 4. The fraction of sp³-hybridized carbons (Fsp3) is 0.471. The van der Waals surface area contributed by atoms with E-state index in [2.05, 4.69) is 10.5 Å². The smallest absolute Gasteiger partial charge is 0.313 e. The van der Waals surface area contributed by atoms with E-state index in [1.807, 2.05) is 0 Å². The van der Waals surface area contributed by atoms with Crippen molar-refractivity contribution in [2.45, 2.75) is 25.0 Å². The van der Waals surface area contributed by atoms with Crippen LogP contribution in [0.25, 0.3) is 0 Å². The molecule has 3 atom stereocenters. The van der Waals surface area contributed by atoms with Crippen LogP contribution in [0.3, 0.4) is 0 Å². The van der Waals surface area contributed by atoms with Gasteiger partial charge in [-0.15, -0.1) is 0 Å². The number of halogens is 2. The first-order valence-corrected chi connectivity index (χ1v) is 8.00. The van der Waals surface area contributed by atoms with Crippen LogP contribution in [0.1, 0.15) is 18.9 Å². The van der Waals surface area contributed by atoms with Gasteiger partial charge in [-0.25, -0.2) is 8.78 Å². The molecule has 0 aliphatic carbocycles. The van der Waals surface area contributed by atoms with E-state index in [4.69, 9.17) is 14.3 Å². The van der Waals surface area contributed by atoms with Crippen LogP contribution in [0.15, 0.2) is 23.4 Å². The van der Waals surface area contributed by atoms with E-state index in [1.54, 1.807) is 0 Å². The summed E-state index contributed by atoms with van der Waals surface area (Å²) < 4.78 is 36.7. The lowest BCUT2D eigenvalue weighted by atomic mass is 9.94. The minimum atomic E-state index is -1.36. The summed E-state index contributed by atoms with van der Waals surface area (Å²) in [5.41, 5.74) is -0.898. The standard InChI is InChI=1S/C17H18F2N2O5/c1-17(16(23)20-14-8-25-7-12(14)15(22)24-2)6-13(21-26-17)9-3-10(18)5-11(19)4-9/h3-5,12,14H,6-8H2,1-2H3,(H,20,23)/t12?,14?,17-/m1/s1. The van der Waals surface area contributed by atoms with Crippen LogP contribution in [0.4, 0.5) is 8.78 Å². The molecule has 3 rings (SSSR count). The summed E-state index contributed by atoms with van der Waals surface area (Å²) in [7, 11) is 1.26. The van der Waals surface area contributed by atoms with Gasteiger partial charge >= 0.3 is 5.97 Å². The third kappa shape index (κ3) is 3.52. The van der Waals surface area contributed by atoms with Crippen LogP contribution in [0.5, 0.6) is 0 Å². The molecule has 2 heterocycles. The Bertz CT molecular complexity index is 749. The number of nitrogens with zero attached hydrogens (tertiary/aromatic N) is 1. The monoisotopic (exact) mass is 368 g/mol. The molecule has 2 aliphatic rings. The zero-order valence-corrected chi connectivity index (χ0v) is 14.3. The lowest BCUT2D eigenvalue weighted by Crippen LogP contribution is -2.52. The zero-order chi connectivity index (χ0) is 18.9. The highest BCUT2D eigenvalue weighted by Crippen LogP contribution is 2.28. The summed E-state index contributed by atoms with van der Waals surface area (Å²) in [6.07, 6.45) is 0.0260. The predicted octanol–water partition coefficient (Wildman–Crippen LogP) is 1.15. The molecule has 2 unspecified atom stereocenters. The van der Waals surface area contributed by atoms with Gasteiger partial charge in [0.2, 0.25) is 5.60 Å². The molecule has 2 aliphatic heterocycles. The van der Waals surface area contributed by atoms with Gasteiger partial charge in [-0.1, -0.05) is 5.16 Å². The van der Waals surface area contributed by atoms with Crippen molar-refractivity contribution in [2.75, 3.05) is 20.3 Å². The molecule has 0 spiro atoms. The van der Waals surface area contributed by atoms with Gasteiger partial charge < -0.3 is 19.6 Å². The van der Waals surface area contributed by atoms with Crippen molar-refractivity contribution in [1.29, 1.82) is 0 Å². The fourth-order valence-corrected chi connectivity index (χ4v) is 2.94. The average Bonchev–Trinajstić information content (AvgIpc) is 3.21. The minimum absolute atomic E-state index is 0.0260. The summed E-state index contributed by atoms with van der Waals surface area (Å²) in [4.78, 5) is 29.6. The van der Waals surface area contributed by atoms with Crippen molar-refractivity contribution in [3.63, 3.8) is 0 Å². The summed E-state index contributed by atoms with van der Waals surface area (Å²) in [6, 6.07) is 2.44. The van der Waals surface area contributed by atoms with E-state index in [1.165, 1.54) is 14.0 Å². The number of carbonyl (C=O) groups is 2. The van der Waals surface area contributed by atoms with Gasteiger partial charge in [0.25, 0.3) is 5.91 Å². The number of esters is 1. The Kier molecular flexibility index (Phi) is 4.90. The Balaban J connectivity index is 1.68. The number of benzene rings is 1. The third-order valence-electron chi connectivity index (χ3n) is 4.44. The lowest BCUT2D eigenvalue weighted by molar-refractivity contribution is -0.147. The molecule has 140 valence electrons. The molecular weight excluding hydrogens is 350 g/mol. The number of hydrogen-bond donors (Lipinski definition) is 1. The Morgan fingerprint density at radius 1 is 1.27 bits per heavy atom. The summed E-state index contributed by atoms with van der Waals surface area (Å²) in [6.45, 7) is 1.83. The minimum Gasteiger partial charge on any atom is -0.469 e. The first kappa shape index (κ1) is 18.2. The van der Waals surface area contributed by atoms with Crippen LogP contribution in [0.2, 0.25) is 0 Å². The van der Waals surface area contributed by atoms with E-state index in [0.717, 1.165) is 18.2 Å². The van der Waals surface area contributed by atoms with Crippen molar-refractivity contribution in [2.24, 2.45) is 11.1 Å². The molecule has 1 aromatic carbocycles. The number of hydrogen-bond acceptors (Lipinski definition) is 6. The SMILES string of the molecule is COC(=O)C1COCC1NC(=O)[C@@]1(C)CC(c2cc(F)cc(F)c2)=NO1. The summed E-state index contributed by atoms with van der Waals surface area (Å²) in [5.74, 6) is -3.07. The Labute approximate surface area is 148 Å². The Morgan fingerprint density at radius 2 is 1.96 bits per heavy atom. The summed E-state index contributed by atoms with van der Waals surface area (Å²) >= 11 is 0. The second-order valence-corrected chi connectivity index (χ2v) is 6.44. The number of ether oxygens (including phenoxy) is 2. The first-order valence-electron chi connectivity index (χ1n) is 8.00. The highest BCUT2D eigenvalue weighted by atomic mass is 19.1. The molecule has 0 bridgehead atoms. The molecule has 0 radical (unpaired) electrons. The highest BCUT2D eigenvalue weighted by molar-refractivity contribution is 6.05. The van der Waals surface area contributed by atoms with Gasteiger partial charge in [0.05, 0.1) is 32.1 Å². The van der Waals surface area contributed by atoms with E-state index in [-0.39, 0.29) is 30.9 Å². The second kappa shape index (κ2) is 6.99. The number of nitrogens with one attached hydrogen (secondary N) is 1. The van der Waals surface area contributed by atoms with E-state index >= 15 is 0 Å². The molecule has 1 fully saturated rings. The van der Waals surface area contributed by atoms with Crippen LogP contribution in [-0.4, -0.2) is 49.6 Å². The molecule has 7 nitrogen and oxygen atoms in total. The fourth-order valence-electron chi connectivity index (χ4n) is 2.94. The quantitative estimate of drug-likeness (QED) is 0.806. The number of carbonyl (C=O) groups excluding carboxylic acids is 2. The van der Waals surface area contributed by atoms with Crippen molar-refractivity contribution in [3.05, 3.63) is 35.4 Å². The lowest BCUT2D eigenvalue weighted by Gasteiger charge is -2.24. The van der Waals surface area contributed by atoms with Crippen LogP contribution < -0.4 is 5.32 Å². The van der Waals surface area contributed by atoms with Gasteiger partial charge in [0, 0.05) is 18.1 Å². The van der Waals surface area contributed by atoms with Gasteiger partial charge in [-0.3, -0.25) is 9.59 Å². The van der Waals surface area contributed by atoms with E-state index in [9.17, 15) is 18.4 Å². The predicted molar refractivity (Wildman–Crippen MR) is 85.3 cm³/mol. The van der Waals surface area contributed by atoms with Crippen molar-refractivity contribution >= 4 is 17.6 Å². The number of amides is 1. The zero-order valence-electron chi connectivity index (χ0n) is 14.3. The van der Waals surface area contributed by atoms with Crippen molar-refractivity contribution in [3.8, 4) is 0 Å². The average molecular weight is 368 g/mol. The molecular formula is C17H18F2N2O5. The van der Waals surface area contributed by atoms with Gasteiger partial charge in [0.1, 0.15) is 17.6 Å². The van der Waals surface area contributed by atoms with Crippen LogP contribution >= 0.6 is 0 Å². The molecule has 0 aromatic heterocycles. The molecule has 1 amide bonds. The van der Waals surface area contributed by atoms with Gasteiger partial charge in [-0.05, 0) is 19.1 Å². The topological polar surface area (TPSA) is 86.2 Å². The maximum atomic E-state index is 13.4. The molecule has 1 aromatic rings. The van der Waals surface area contributed by atoms with E-state index < -0.39 is 41.1 Å². The van der Waals surface area contributed by atoms with Crippen LogP contribution in [-0.2, 0) is 23.9 Å². The first-order chi connectivity index (χ1) is 12.3. The van der Waals surface area contributed by atoms with Gasteiger partial charge in [0.15, 0.2) is 0 Å². The van der Waals surface area contributed by atoms with Crippen molar-refractivity contribution < 1.29 is 32.7 Å². The maximum Gasteiger partial charge on any atom is 0.313 e. The molecule has 1 saturated heterocycles. The van der Waals surface area contributed by atoms with Crippen LogP contribution in [0, 0.1) is 17.6 Å². The molecule has 0 saturated carbocycles. The second-order valence-electron chi connectivity index (χ2n) is 6.44. The Morgan fingerprint density at radius 3 is 2.62 bits per heavy atom. The summed E-state index contributed by atoms with van der Waals surface area (Å²) in [5, 5.41) is 6.52. The van der Waals surface area contributed by atoms with E-state index in [0.29, 0.717) is 0 Å².